The van der Waals surface area contributed by atoms with E-state index in [0.717, 1.165) is 5.69 Å². The smallest absolute Gasteiger partial charge is 0.189 e. The van der Waals surface area contributed by atoms with Crippen LogP contribution in [0.25, 0.3) is 0 Å². The lowest BCUT2D eigenvalue weighted by molar-refractivity contribution is 0.102. The number of nitrogens with two attached hydrogens (primary N) is 1. The Labute approximate surface area is 120 Å². The van der Waals surface area contributed by atoms with Crippen molar-refractivity contribution in [2.24, 2.45) is 0 Å². The predicted octanol–water partition coefficient (Wildman–Crippen LogP) is 2.69. The second kappa shape index (κ2) is 5.79. The van der Waals surface area contributed by atoms with E-state index in [-0.39, 0.29) is 11.6 Å². The maximum atomic E-state index is 11.4. The van der Waals surface area contributed by atoms with Crippen molar-refractivity contribution in [2.75, 3.05) is 25.3 Å². The third-order valence-corrected chi connectivity index (χ3v) is 3.66. The highest BCUT2D eigenvalue weighted by Crippen LogP contribution is 2.31. The van der Waals surface area contributed by atoms with Gasteiger partial charge in [0.25, 0.3) is 0 Å². The second-order valence-electron chi connectivity index (χ2n) is 4.02. The maximum absolute atomic E-state index is 11.4. The molecule has 0 atom stereocenters. The van der Waals surface area contributed by atoms with E-state index in [0.29, 0.717) is 21.5 Å². The van der Waals surface area contributed by atoms with Crippen LogP contribution in [-0.4, -0.2) is 25.0 Å². The molecule has 0 unspecified atom stereocenters. The van der Waals surface area contributed by atoms with Gasteiger partial charge in [-0.15, -0.1) is 0 Å². The Morgan fingerprint density at radius 2 is 1.85 bits per heavy atom. The topological polar surface area (TPSA) is 86.5 Å². The molecule has 0 radical (unpaired) electrons. The molecule has 1 aromatic heterocycles. The van der Waals surface area contributed by atoms with Crippen LogP contribution in [0.1, 0.15) is 16.6 Å². The number of ketones is 1. The zero-order valence-corrected chi connectivity index (χ0v) is 12.2. The molecule has 0 fully saturated rings. The highest BCUT2D eigenvalue weighted by atomic mass is 32.1. The molecule has 0 spiro atoms. The number of benzene rings is 1. The third-order valence-electron chi connectivity index (χ3n) is 2.58. The molecule has 3 N–H and O–H groups in total. The van der Waals surface area contributed by atoms with E-state index in [4.69, 9.17) is 15.2 Å². The quantitative estimate of drug-likeness (QED) is 0.824. The van der Waals surface area contributed by atoms with Gasteiger partial charge in [-0.3, -0.25) is 4.79 Å². The monoisotopic (exact) mass is 293 g/mol. The first-order chi connectivity index (χ1) is 9.53. The van der Waals surface area contributed by atoms with Crippen LogP contribution in [0.4, 0.5) is 16.6 Å². The van der Waals surface area contributed by atoms with Crippen molar-refractivity contribution in [1.29, 1.82) is 0 Å². The van der Waals surface area contributed by atoms with Crippen LogP contribution in [0.2, 0.25) is 0 Å². The number of carbonyl (C=O) groups excluding carboxylic acids is 1. The van der Waals surface area contributed by atoms with Crippen molar-refractivity contribution in [1.82, 2.24) is 4.98 Å². The van der Waals surface area contributed by atoms with Gasteiger partial charge in [0.05, 0.1) is 14.2 Å². The first kappa shape index (κ1) is 14.1. The average Bonchev–Trinajstić information content (AvgIpc) is 2.79. The van der Waals surface area contributed by atoms with Gasteiger partial charge in [0.15, 0.2) is 10.9 Å². The van der Waals surface area contributed by atoms with Crippen molar-refractivity contribution in [2.45, 2.75) is 6.92 Å². The van der Waals surface area contributed by atoms with Gasteiger partial charge in [0, 0.05) is 30.8 Å². The molecule has 1 heterocycles. The Kier molecular flexibility index (Phi) is 4.09. The number of anilines is 3. The number of carbonyl (C=O) groups is 1. The molecule has 2 rings (SSSR count). The van der Waals surface area contributed by atoms with Gasteiger partial charge in [-0.25, -0.2) is 4.98 Å². The van der Waals surface area contributed by atoms with Gasteiger partial charge in [-0.1, -0.05) is 11.3 Å². The highest BCUT2D eigenvalue weighted by molar-refractivity contribution is 7.18. The number of Topliss-reactive ketones (excluding diaryl/α,β-unsaturated/α-hetero) is 1. The Bertz CT molecular complexity index is 618. The number of methoxy groups -OCH3 is 2. The van der Waals surface area contributed by atoms with Gasteiger partial charge >= 0.3 is 0 Å². The minimum absolute atomic E-state index is 0.101. The number of ether oxygens (including phenoxy) is 2. The van der Waals surface area contributed by atoms with E-state index in [1.165, 1.54) is 18.3 Å². The summed E-state index contributed by atoms with van der Waals surface area (Å²) in [5.41, 5.74) is 6.44. The molecule has 0 saturated carbocycles. The average molecular weight is 293 g/mol. The summed E-state index contributed by atoms with van der Waals surface area (Å²) in [4.78, 5) is 15.9. The fourth-order valence-corrected chi connectivity index (χ4v) is 2.44. The molecule has 106 valence electrons. The molecule has 7 heteroatoms. The molecule has 0 aliphatic carbocycles. The first-order valence-electron chi connectivity index (χ1n) is 5.81. The number of nitrogen functional groups attached to an aromatic ring is 1. The van der Waals surface area contributed by atoms with Gasteiger partial charge in [0.2, 0.25) is 0 Å². The number of nitrogens with zero attached hydrogens (tertiary/aromatic N) is 1. The number of hydrogen-bond acceptors (Lipinski definition) is 7. The molecule has 6 nitrogen and oxygen atoms in total. The molecule has 0 amide bonds. The molecule has 0 saturated heterocycles. The zero-order chi connectivity index (χ0) is 14.7. The van der Waals surface area contributed by atoms with Crippen molar-refractivity contribution >= 4 is 33.8 Å². The van der Waals surface area contributed by atoms with Crippen molar-refractivity contribution in [3.63, 3.8) is 0 Å². The van der Waals surface area contributed by atoms with Crippen LogP contribution >= 0.6 is 11.3 Å². The van der Waals surface area contributed by atoms with Crippen molar-refractivity contribution in [3.05, 3.63) is 23.1 Å². The van der Waals surface area contributed by atoms with E-state index >= 15 is 0 Å². The predicted molar refractivity (Wildman–Crippen MR) is 79.4 cm³/mol. The molecule has 0 aliphatic rings. The number of thiazole rings is 1. The molecule has 1 aromatic carbocycles. The summed E-state index contributed by atoms with van der Waals surface area (Å²) >= 11 is 1.21. The number of hydrogen-bond donors (Lipinski definition) is 2. The van der Waals surface area contributed by atoms with E-state index in [2.05, 4.69) is 10.3 Å². The summed E-state index contributed by atoms with van der Waals surface area (Å²) < 4.78 is 10.4. The van der Waals surface area contributed by atoms with Gasteiger partial charge in [0.1, 0.15) is 22.2 Å². The third kappa shape index (κ3) is 3.00. The number of nitrogens with one attached hydrogen (secondary N) is 1. The van der Waals surface area contributed by atoms with Crippen molar-refractivity contribution < 1.29 is 14.3 Å². The van der Waals surface area contributed by atoms with Crippen LogP contribution in [-0.2, 0) is 0 Å². The largest absolute Gasteiger partial charge is 0.497 e. The molecular formula is C13H15N3O3S. The molecule has 20 heavy (non-hydrogen) atoms. The summed E-state index contributed by atoms with van der Waals surface area (Å²) in [7, 11) is 3.15. The fourth-order valence-electron chi connectivity index (χ4n) is 1.64. The summed E-state index contributed by atoms with van der Waals surface area (Å²) in [6, 6.07) is 5.36. The summed E-state index contributed by atoms with van der Waals surface area (Å²) in [6.45, 7) is 1.46. The lowest BCUT2D eigenvalue weighted by atomic mass is 10.3. The summed E-state index contributed by atoms with van der Waals surface area (Å²) in [5.74, 6) is 1.45. The minimum Gasteiger partial charge on any atom is -0.497 e. The molecule has 0 bridgehead atoms. The van der Waals surface area contributed by atoms with Gasteiger partial charge in [-0.2, -0.15) is 0 Å². The highest BCUT2D eigenvalue weighted by Gasteiger charge is 2.13. The van der Waals surface area contributed by atoms with Crippen LogP contribution in [0.5, 0.6) is 11.5 Å². The van der Waals surface area contributed by atoms with E-state index in [9.17, 15) is 4.79 Å². The Morgan fingerprint density at radius 3 is 2.30 bits per heavy atom. The summed E-state index contributed by atoms with van der Waals surface area (Å²) in [5, 5.41) is 3.63. The van der Waals surface area contributed by atoms with Gasteiger partial charge < -0.3 is 20.5 Å². The SMILES string of the molecule is COc1cc(Nc2nc(N)c(C(C)=O)s2)cc(OC)c1. The Hall–Kier alpha value is -2.28. The molecular weight excluding hydrogens is 278 g/mol. The first-order valence-corrected chi connectivity index (χ1v) is 6.62. The second-order valence-corrected chi connectivity index (χ2v) is 5.01. The number of rotatable bonds is 5. The lowest BCUT2D eigenvalue weighted by Crippen LogP contribution is -1.95. The lowest BCUT2D eigenvalue weighted by Gasteiger charge is -2.08. The number of aromatic nitrogens is 1. The van der Waals surface area contributed by atoms with E-state index in [1.807, 2.05) is 0 Å². The fraction of sp³-hybridized carbons (Fsp3) is 0.231. The summed E-state index contributed by atoms with van der Waals surface area (Å²) in [6.07, 6.45) is 0. The van der Waals surface area contributed by atoms with Crippen LogP contribution in [0, 0.1) is 0 Å². The molecule has 2 aromatic rings. The maximum Gasteiger partial charge on any atom is 0.189 e. The van der Waals surface area contributed by atoms with Crippen molar-refractivity contribution in [3.8, 4) is 11.5 Å². The Morgan fingerprint density at radius 1 is 1.25 bits per heavy atom. The minimum atomic E-state index is -0.101. The normalized spacial score (nSPS) is 10.2. The van der Waals surface area contributed by atoms with Crippen LogP contribution in [0.15, 0.2) is 18.2 Å². The van der Waals surface area contributed by atoms with Gasteiger partial charge in [-0.05, 0) is 0 Å². The Balaban J connectivity index is 2.29. The standard InChI is InChI=1S/C13H15N3O3S/c1-7(17)11-12(14)16-13(20-11)15-8-4-9(18-2)6-10(5-8)19-3/h4-6H,14H2,1-3H3,(H,15,16). The zero-order valence-electron chi connectivity index (χ0n) is 11.4. The van der Waals surface area contributed by atoms with Crippen LogP contribution < -0.4 is 20.5 Å². The molecule has 0 aliphatic heterocycles. The van der Waals surface area contributed by atoms with E-state index in [1.54, 1.807) is 32.4 Å². The van der Waals surface area contributed by atoms with E-state index < -0.39 is 0 Å². The van der Waals surface area contributed by atoms with Crippen LogP contribution in [0.3, 0.4) is 0 Å².